The minimum Gasteiger partial charge on any atom is -0.486 e. The lowest BCUT2D eigenvalue weighted by atomic mass is 10.0. The molecule has 0 aliphatic carbocycles. The Kier molecular flexibility index (Phi) is 4.34. The van der Waals surface area contributed by atoms with Crippen molar-refractivity contribution in [2.75, 3.05) is 39.4 Å². The Morgan fingerprint density at radius 3 is 2.60 bits per heavy atom. The van der Waals surface area contributed by atoms with Gasteiger partial charge in [-0.2, -0.15) is 0 Å². The van der Waals surface area contributed by atoms with Crippen LogP contribution in [0.5, 0.6) is 11.5 Å². The van der Waals surface area contributed by atoms with Crippen molar-refractivity contribution in [3.05, 3.63) is 22.2 Å². The molecule has 2 aliphatic heterocycles. The van der Waals surface area contributed by atoms with Gasteiger partial charge in [-0.25, -0.2) is 0 Å². The van der Waals surface area contributed by atoms with E-state index in [-0.39, 0.29) is 0 Å². The predicted octanol–water partition coefficient (Wildman–Crippen LogP) is 2.08. The average Bonchev–Trinajstić information content (AvgIpc) is 2.49. The van der Waals surface area contributed by atoms with Gasteiger partial charge in [0.15, 0.2) is 11.5 Å². The van der Waals surface area contributed by atoms with E-state index in [9.17, 15) is 0 Å². The Bertz CT molecular complexity index is 487. The van der Waals surface area contributed by atoms with E-state index in [1.165, 1.54) is 11.1 Å². The standard InChI is InChI=1S/C15H21ClN2O2/c1-2-12-11(10-18-5-3-17-4-6-18)9-13(16)15-14(12)19-7-8-20-15/h9,17H,2-8,10H2,1H3. The zero-order chi connectivity index (χ0) is 13.9. The van der Waals surface area contributed by atoms with Crippen molar-refractivity contribution in [3.8, 4) is 11.5 Å². The molecular weight excluding hydrogens is 276 g/mol. The molecular formula is C15H21ClN2O2. The van der Waals surface area contributed by atoms with Crippen LogP contribution >= 0.6 is 11.6 Å². The first-order valence-corrected chi connectivity index (χ1v) is 7.70. The summed E-state index contributed by atoms with van der Waals surface area (Å²) in [6.45, 7) is 8.54. The van der Waals surface area contributed by atoms with Crippen LogP contribution in [0.4, 0.5) is 0 Å². The second-order valence-electron chi connectivity index (χ2n) is 5.23. The molecule has 5 heteroatoms. The first-order valence-electron chi connectivity index (χ1n) is 7.32. The van der Waals surface area contributed by atoms with E-state index >= 15 is 0 Å². The molecule has 4 nitrogen and oxygen atoms in total. The van der Waals surface area contributed by atoms with Crippen molar-refractivity contribution < 1.29 is 9.47 Å². The highest BCUT2D eigenvalue weighted by Crippen LogP contribution is 2.42. The zero-order valence-corrected chi connectivity index (χ0v) is 12.6. The van der Waals surface area contributed by atoms with Crippen molar-refractivity contribution in [2.24, 2.45) is 0 Å². The first-order chi connectivity index (χ1) is 9.79. The summed E-state index contributed by atoms with van der Waals surface area (Å²) in [5, 5.41) is 4.05. The highest BCUT2D eigenvalue weighted by atomic mass is 35.5. The lowest BCUT2D eigenvalue weighted by molar-refractivity contribution is 0.169. The summed E-state index contributed by atoms with van der Waals surface area (Å²) in [5.74, 6) is 1.58. The number of nitrogens with one attached hydrogen (secondary N) is 1. The van der Waals surface area contributed by atoms with Gasteiger partial charge in [-0.3, -0.25) is 4.90 Å². The molecule has 1 aromatic rings. The third-order valence-electron chi connectivity index (χ3n) is 3.92. The molecule has 20 heavy (non-hydrogen) atoms. The van der Waals surface area contributed by atoms with Gasteiger partial charge in [0.2, 0.25) is 0 Å². The molecule has 0 amide bonds. The van der Waals surface area contributed by atoms with Gasteiger partial charge in [0.1, 0.15) is 13.2 Å². The smallest absolute Gasteiger partial charge is 0.180 e. The van der Waals surface area contributed by atoms with Gasteiger partial charge in [-0.1, -0.05) is 18.5 Å². The molecule has 0 radical (unpaired) electrons. The summed E-state index contributed by atoms with van der Waals surface area (Å²) < 4.78 is 11.5. The number of halogens is 1. The minimum absolute atomic E-state index is 0.576. The molecule has 0 saturated carbocycles. The molecule has 0 unspecified atom stereocenters. The fourth-order valence-electron chi connectivity index (χ4n) is 2.91. The van der Waals surface area contributed by atoms with Crippen molar-refractivity contribution >= 4 is 11.6 Å². The molecule has 1 fully saturated rings. The monoisotopic (exact) mass is 296 g/mol. The van der Waals surface area contributed by atoms with Gasteiger partial charge in [0.25, 0.3) is 0 Å². The van der Waals surface area contributed by atoms with Gasteiger partial charge in [-0.05, 0) is 18.1 Å². The van der Waals surface area contributed by atoms with Gasteiger partial charge < -0.3 is 14.8 Å². The minimum atomic E-state index is 0.576. The van der Waals surface area contributed by atoms with E-state index < -0.39 is 0 Å². The SMILES string of the molecule is CCc1c(CN2CCNCC2)cc(Cl)c2c1OCCO2. The molecule has 1 aromatic carbocycles. The Balaban J connectivity index is 1.91. The van der Waals surface area contributed by atoms with Crippen LogP contribution < -0.4 is 14.8 Å². The lowest BCUT2D eigenvalue weighted by Crippen LogP contribution is -2.43. The first kappa shape index (κ1) is 14.0. The topological polar surface area (TPSA) is 33.7 Å². The Morgan fingerprint density at radius 1 is 1.20 bits per heavy atom. The number of benzene rings is 1. The number of fused-ring (bicyclic) bond motifs is 1. The van der Waals surface area contributed by atoms with E-state index in [1.807, 2.05) is 0 Å². The van der Waals surface area contributed by atoms with Crippen LogP contribution in [0.1, 0.15) is 18.1 Å². The molecule has 0 atom stereocenters. The maximum absolute atomic E-state index is 6.36. The molecule has 0 spiro atoms. The fourth-order valence-corrected chi connectivity index (χ4v) is 3.18. The van der Waals surface area contributed by atoms with Gasteiger partial charge in [0, 0.05) is 38.3 Å². The molecule has 0 bridgehead atoms. The van der Waals surface area contributed by atoms with Crippen LogP contribution in [0.25, 0.3) is 0 Å². The number of hydrogen-bond donors (Lipinski definition) is 1. The predicted molar refractivity (Wildman–Crippen MR) is 80.0 cm³/mol. The molecule has 0 aromatic heterocycles. The maximum atomic E-state index is 6.36. The highest BCUT2D eigenvalue weighted by molar-refractivity contribution is 6.32. The lowest BCUT2D eigenvalue weighted by Gasteiger charge is -2.29. The highest BCUT2D eigenvalue weighted by Gasteiger charge is 2.23. The van der Waals surface area contributed by atoms with E-state index in [4.69, 9.17) is 21.1 Å². The van der Waals surface area contributed by atoms with E-state index in [2.05, 4.69) is 23.2 Å². The number of nitrogens with zero attached hydrogens (tertiary/aromatic N) is 1. The number of piperazine rings is 1. The third kappa shape index (κ3) is 2.73. The summed E-state index contributed by atoms with van der Waals surface area (Å²) >= 11 is 6.36. The summed E-state index contributed by atoms with van der Waals surface area (Å²) in [6.07, 6.45) is 0.935. The number of rotatable bonds is 3. The van der Waals surface area contributed by atoms with Crippen molar-refractivity contribution in [3.63, 3.8) is 0 Å². The van der Waals surface area contributed by atoms with Crippen LogP contribution in [0.3, 0.4) is 0 Å². The zero-order valence-electron chi connectivity index (χ0n) is 11.9. The van der Waals surface area contributed by atoms with Gasteiger partial charge >= 0.3 is 0 Å². The normalized spacial score (nSPS) is 19.1. The van der Waals surface area contributed by atoms with E-state index in [0.29, 0.717) is 18.2 Å². The average molecular weight is 297 g/mol. The van der Waals surface area contributed by atoms with Crippen LogP contribution in [-0.2, 0) is 13.0 Å². The van der Waals surface area contributed by atoms with Gasteiger partial charge in [0.05, 0.1) is 5.02 Å². The largest absolute Gasteiger partial charge is 0.486 e. The quantitative estimate of drug-likeness (QED) is 0.926. The third-order valence-corrected chi connectivity index (χ3v) is 4.20. The summed E-state index contributed by atoms with van der Waals surface area (Å²) in [4.78, 5) is 2.46. The number of ether oxygens (including phenoxy) is 2. The van der Waals surface area contributed by atoms with Crippen molar-refractivity contribution in [1.29, 1.82) is 0 Å². The summed E-state index contributed by atoms with van der Waals surface area (Å²) in [7, 11) is 0. The fraction of sp³-hybridized carbons (Fsp3) is 0.600. The van der Waals surface area contributed by atoms with E-state index in [0.717, 1.165) is 50.6 Å². The van der Waals surface area contributed by atoms with Crippen LogP contribution in [-0.4, -0.2) is 44.3 Å². The molecule has 1 N–H and O–H groups in total. The second kappa shape index (κ2) is 6.20. The Morgan fingerprint density at radius 2 is 1.90 bits per heavy atom. The molecule has 2 heterocycles. The Labute approximate surface area is 125 Å². The molecule has 110 valence electrons. The Hall–Kier alpha value is -0.970. The molecule has 2 aliphatic rings. The summed E-state index contributed by atoms with van der Waals surface area (Å²) in [5.41, 5.74) is 2.51. The van der Waals surface area contributed by atoms with Crippen LogP contribution in [0.2, 0.25) is 5.02 Å². The summed E-state index contributed by atoms with van der Waals surface area (Å²) in [6, 6.07) is 2.05. The molecule has 1 saturated heterocycles. The van der Waals surface area contributed by atoms with Crippen molar-refractivity contribution in [1.82, 2.24) is 10.2 Å². The maximum Gasteiger partial charge on any atom is 0.180 e. The van der Waals surface area contributed by atoms with Crippen molar-refractivity contribution in [2.45, 2.75) is 19.9 Å². The van der Waals surface area contributed by atoms with Crippen LogP contribution in [0, 0.1) is 0 Å². The molecule has 3 rings (SSSR count). The second-order valence-corrected chi connectivity index (χ2v) is 5.64. The number of hydrogen-bond acceptors (Lipinski definition) is 4. The van der Waals surface area contributed by atoms with Gasteiger partial charge in [-0.15, -0.1) is 0 Å². The van der Waals surface area contributed by atoms with Crippen LogP contribution in [0.15, 0.2) is 6.07 Å². The van der Waals surface area contributed by atoms with E-state index in [1.54, 1.807) is 0 Å².